The van der Waals surface area contributed by atoms with Gasteiger partial charge in [-0.15, -0.1) is 0 Å². The summed E-state index contributed by atoms with van der Waals surface area (Å²) in [7, 11) is 0. The number of thiocarbonyl (C=S) groups is 1. The molecule has 0 N–H and O–H groups in total. The number of hydrogen-bond donors (Lipinski definition) is 0. The van der Waals surface area contributed by atoms with Crippen molar-refractivity contribution in [2.45, 2.75) is 72.6 Å². The molecule has 3 heteroatoms. The van der Waals surface area contributed by atoms with Crippen molar-refractivity contribution in [3.05, 3.63) is 0 Å². The van der Waals surface area contributed by atoms with E-state index in [1.54, 1.807) is 0 Å². The van der Waals surface area contributed by atoms with Crippen LogP contribution < -0.4 is 0 Å². The third kappa shape index (κ3) is 8.35. The number of carbonyl (C=O) groups excluding carboxylic acids is 1. The molecule has 0 aliphatic heterocycles. The van der Waals surface area contributed by atoms with Crippen LogP contribution in [0.2, 0.25) is 0 Å². The Kier molecular flexibility index (Phi) is 11.1. The second-order valence-corrected chi connectivity index (χ2v) is 5.80. The molecule has 112 valence electrons. The maximum atomic E-state index is 11.6. The Hall–Kier alpha value is -0.440. The maximum Gasteiger partial charge on any atom is 0.313 e. The molecule has 0 radical (unpaired) electrons. The number of esters is 1. The first-order valence-corrected chi connectivity index (χ1v) is 8.15. The first-order valence-electron chi connectivity index (χ1n) is 7.74. The topological polar surface area (TPSA) is 26.3 Å². The van der Waals surface area contributed by atoms with Gasteiger partial charge in [0, 0.05) is 4.86 Å². The van der Waals surface area contributed by atoms with Crippen LogP contribution in [0.15, 0.2) is 0 Å². The van der Waals surface area contributed by atoms with E-state index in [-0.39, 0.29) is 11.9 Å². The molecule has 0 spiro atoms. The summed E-state index contributed by atoms with van der Waals surface area (Å²) >= 11 is 5.41. The predicted octanol–water partition coefficient (Wildman–Crippen LogP) is 4.94. The summed E-state index contributed by atoms with van der Waals surface area (Å²) in [4.78, 5) is 12.5. The van der Waals surface area contributed by atoms with Crippen molar-refractivity contribution >= 4 is 23.1 Å². The van der Waals surface area contributed by atoms with Gasteiger partial charge in [-0.1, -0.05) is 64.6 Å². The highest BCUT2D eigenvalue weighted by molar-refractivity contribution is 7.80. The average molecular weight is 286 g/mol. The molecule has 0 saturated heterocycles. The number of rotatable bonds is 11. The maximum absolute atomic E-state index is 11.6. The molecule has 2 nitrogen and oxygen atoms in total. The highest BCUT2D eigenvalue weighted by atomic mass is 32.1. The Balaban J connectivity index is 3.83. The van der Waals surface area contributed by atoms with Crippen molar-refractivity contribution in [1.29, 1.82) is 0 Å². The van der Waals surface area contributed by atoms with Crippen molar-refractivity contribution < 1.29 is 9.53 Å². The lowest BCUT2D eigenvalue weighted by Gasteiger charge is -2.18. The molecule has 0 aromatic carbocycles. The van der Waals surface area contributed by atoms with Crippen LogP contribution in [0.1, 0.15) is 72.6 Å². The minimum atomic E-state index is -0.245. The third-order valence-electron chi connectivity index (χ3n) is 3.54. The number of carbonyl (C=O) groups is 1. The molecule has 2 unspecified atom stereocenters. The molecule has 0 aliphatic carbocycles. The second kappa shape index (κ2) is 11.4. The average Bonchev–Trinajstić information content (AvgIpc) is 2.41. The fraction of sp³-hybridized carbons (Fsp3) is 0.875. The molecule has 0 fully saturated rings. The molecule has 2 atom stereocenters. The molecular formula is C16H30O2S. The van der Waals surface area contributed by atoms with Crippen LogP contribution in [0.4, 0.5) is 0 Å². The second-order valence-electron chi connectivity index (χ2n) is 5.33. The van der Waals surface area contributed by atoms with Gasteiger partial charge in [-0.2, -0.15) is 0 Å². The van der Waals surface area contributed by atoms with Gasteiger partial charge in [0.25, 0.3) is 0 Å². The molecule has 0 amide bonds. The van der Waals surface area contributed by atoms with Crippen molar-refractivity contribution in [3.63, 3.8) is 0 Å². The van der Waals surface area contributed by atoms with Gasteiger partial charge in [0.15, 0.2) is 0 Å². The Bertz CT molecular complexity index is 263. The Morgan fingerprint density at radius 1 is 1.05 bits per heavy atom. The Morgan fingerprint density at radius 3 is 2.21 bits per heavy atom. The number of ether oxygens (including phenoxy) is 1. The van der Waals surface area contributed by atoms with Crippen molar-refractivity contribution in [3.8, 4) is 0 Å². The summed E-state index contributed by atoms with van der Waals surface area (Å²) in [5, 5.41) is 0. The number of unbranched alkanes of at least 4 members (excludes halogenated alkanes) is 5. The molecule has 19 heavy (non-hydrogen) atoms. The SMILES string of the molecule is CCCCCCCCC(C)C(=S)C(C)C(=O)OCC. The van der Waals surface area contributed by atoms with Crippen LogP contribution in [-0.4, -0.2) is 17.4 Å². The van der Waals surface area contributed by atoms with E-state index >= 15 is 0 Å². The van der Waals surface area contributed by atoms with Gasteiger partial charge in [0.05, 0.1) is 12.5 Å². The fourth-order valence-electron chi connectivity index (χ4n) is 2.18. The van der Waals surface area contributed by atoms with Gasteiger partial charge in [-0.3, -0.25) is 4.79 Å². The predicted molar refractivity (Wildman–Crippen MR) is 85.6 cm³/mol. The summed E-state index contributed by atoms with van der Waals surface area (Å²) in [6, 6.07) is 0. The van der Waals surface area contributed by atoms with Crippen LogP contribution in [0.25, 0.3) is 0 Å². The molecule has 0 aromatic heterocycles. The van der Waals surface area contributed by atoms with E-state index in [0.29, 0.717) is 12.5 Å². The van der Waals surface area contributed by atoms with Crippen LogP contribution in [0.5, 0.6) is 0 Å². The van der Waals surface area contributed by atoms with E-state index in [2.05, 4.69) is 13.8 Å². The molecule has 0 heterocycles. The fourth-order valence-corrected chi connectivity index (χ4v) is 2.40. The first-order chi connectivity index (χ1) is 9.04. The molecule has 0 bridgehead atoms. The van der Waals surface area contributed by atoms with E-state index < -0.39 is 0 Å². The Morgan fingerprint density at radius 2 is 1.63 bits per heavy atom. The minimum absolute atomic E-state index is 0.178. The van der Waals surface area contributed by atoms with E-state index in [1.165, 1.54) is 38.5 Å². The molecule has 0 saturated carbocycles. The molecule has 0 rings (SSSR count). The van der Waals surface area contributed by atoms with Gasteiger partial charge in [-0.05, 0) is 26.2 Å². The number of hydrogen-bond acceptors (Lipinski definition) is 3. The smallest absolute Gasteiger partial charge is 0.313 e. The van der Waals surface area contributed by atoms with E-state index in [9.17, 15) is 4.79 Å². The summed E-state index contributed by atoms with van der Waals surface area (Å²) < 4.78 is 5.02. The lowest BCUT2D eigenvalue weighted by atomic mass is 9.92. The van der Waals surface area contributed by atoms with Gasteiger partial charge in [0.1, 0.15) is 0 Å². The highest BCUT2D eigenvalue weighted by Gasteiger charge is 2.22. The summed E-state index contributed by atoms with van der Waals surface area (Å²) in [6.07, 6.45) is 8.87. The largest absolute Gasteiger partial charge is 0.466 e. The summed E-state index contributed by atoms with van der Waals surface area (Å²) in [5.41, 5.74) is 0. The minimum Gasteiger partial charge on any atom is -0.466 e. The van der Waals surface area contributed by atoms with Crippen molar-refractivity contribution in [1.82, 2.24) is 0 Å². The zero-order chi connectivity index (χ0) is 14.7. The van der Waals surface area contributed by atoms with E-state index in [4.69, 9.17) is 17.0 Å². The summed E-state index contributed by atoms with van der Waals surface area (Å²) in [6.45, 7) is 8.48. The molecule has 0 aliphatic rings. The van der Waals surface area contributed by atoms with Crippen LogP contribution in [0, 0.1) is 11.8 Å². The quantitative estimate of drug-likeness (QED) is 0.306. The van der Waals surface area contributed by atoms with Gasteiger partial charge < -0.3 is 4.74 Å². The molecular weight excluding hydrogens is 256 g/mol. The molecule has 0 aromatic rings. The monoisotopic (exact) mass is 286 g/mol. The zero-order valence-electron chi connectivity index (χ0n) is 13.0. The normalized spacial score (nSPS) is 13.9. The van der Waals surface area contributed by atoms with E-state index in [1.807, 2.05) is 13.8 Å². The van der Waals surface area contributed by atoms with E-state index in [0.717, 1.165) is 11.3 Å². The van der Waals surface area contributed by atoms with Crippen molar-refractivity contribution in [2.75, 3.05) is 6.61 Å². The van der Waals surface area contributed by atoms with Crippen LogP contribution in [-0.2, 0) is 9.53 Å². The highest BCUT2D eigenvalue weighted by Crippen LogP contribution is 2.18. The van der Waals surface area contributed by atoms with Gasteiger partial charge in [0.2, 0.25) is 0 Å². The van der Waals surface area contributed by atoms with Gasteiger partial charge in [-0.25, -0.2) is 0 Å². The Labute approximate surface area is 124 Å². The first kappa shape index (κ1) is 18.6. The van der Waals surface area contributed by atoms with Crippen molar-refractivity contribution in [2.24, 2.45) is 11.8 Å². The van der Waals surface area contributed by atoms with Crippen LogP contribution in [0.3, 0.4) is 0 Å². The van der Waals surface area contributed by atoms with Gasteiger partial charge >= 0.3 is 5.97 Å². The zero-order valence-corrected chi connectivity index (χ0v) is 13.9. The van der Waals surface area contributed by atoms with Crippen LogP contribution >= 0.6 is 12.2 Å². The summed E-state index contributed by atoms with van der Waals surface area (Å²) in [5.74, 6) is -0.0899. The third-order valence-corrected chi connectivity index (χ3v) is 4.30. The standard InChI is InChI=1S/C16H30O2S/c1-5-7-8-9-10-11-12-13(3)15(19)14(4)16(17)18-6-2/h13-14H,5-12H2,1-4H3. The lowest BCUT2D eigenvalue weighted by Crippen LogP contribution is -2.26. The lowest BCUT2D eigenvalue weighted by molar-refractivity contribution is -0.145.